The van der Waals surface area contributed by atoms with Crippen molar-refractivity contribution in [3.8, 4) is 0 Å². The molecule has 1 rings (SSSR count). The van der Waals surface area contributed by atoms with Crippen molar-refractivity contribution in [3.63, 3.8) is 0 Å². The molecule has 1 aromatic rings. The Morgan fingerprint density at radius 1 is 1.46 bits per heavy atom. The summed E-state index contributed by atoms with van der Waals surface area (Å²) < 4.78 is 33.7. The van der Waals surface area contributed by atoms with Crippen LogP contribution >= 0.6 is 0 Å². The third-order valence-corrected chi connectivity index (χ3v) is 2.68. The lowest BCUT2D eigenvalue weighted by atomic mass is 10.1. The Balaban J connectivity index is 3.41. The maximum atomic E-state index is 12.6. The molecule has 0 saturated heterocycles. The van der Waals surface area contributed by atoms with Gasteiger partial charge in [-0.3, -0.25) is 0 Å². The van der Waals surface area contributed by atoms with Crippen LogP contribution in [-0.2, 0) is 16.6 Å². The third kappa shape index (κ3) is 1.98. The van der Waals surface area contributed by atoms with E-state index in [9.17, 15) is 12.3 Å². The van der Waals surface area contributed by atoms with Crippen molar-refractivity contribution in [1.29, 1.82) is 0 Å². The van der Waals surface area contributed by atoms with Gasteiger partial charge in [-0.2, -0.15) is 8.42 Å². The number of para-hydroxylation sites is 1. The van der Waals surface area contributed by atoms with E-state index in [-0.39, 0.29) is 5.69 Å². The summed E-state index contributed by atoms with van der Waals surface area (Å²) in [5, 5.41) is 0. The van der Waals surface area contributed by atoms with Gasteiger partial charge in [0.15, 0.2) is 0 Å². The molecule has 0 unspecified atom stereocenters. The molecule has 0 spiro atoms. The van der Waals surface area contributed by atoms with Crippen LogP contribution < -0.4 is 5.73 Å². The highest BCUT2D eigenvalue weighted by molar-refractivity contribution is 7.86. The largest absolute Gasteiger partial charge is 0.397 e. The second-order valence-corrected chi connectivity index (χ2v) is 3.94. The molecule has 0 bridgehead atoms. The van der Waals surface area contributed by atoms with Crippen LogP contribution in [-0.4, -0.2) is 8.42 Å². The first kappa shape index (κ1) is 9.98. The zero-order valence-electron chi connectivity index (χ0n) is 7.12. The lowest BCUT2D eigenvalue weighted by Gasteiger charge is -2.05. The zero-order valence-corrected chi connectivity index (χ0v) is 7.94. The van der Waals surface area contributed by atoms with E-state index < -0.39 is 15.1 Å². The van der Waals surface area contributed by atoms with Gasteiger partial charge in [0.25, 0.3) is 0 Å². The van der Waals surface area contributed by atoms with E-state index in [1.165, 1.54) is 6.07 Å². The van der Waals surface area contributed by atoms with Gasteiger partial charge in [-0.1, -0.05) is 19.1 Å². The highest BCUT2D eigenvalue weighted by Gasteiger charge is 2.16. The molecule has 0 aromatic heterocycles. The summed E-state index contributed by atoms with van der Waals surface area (Å²) in [4.78, 5) is -0.438. The molecule has 0 atom stereocenters. The molecule has 0 radical (unpaired) electrons. The molecule has 0 aliphatic carbocycles. The van der Waals surface area contributed by atoms with Crippen LogP contribution in [0, 0.1) is 0 Å². The Kier molecular flexibility index (Phi) is 2.56. The predicted molar refractivity (Wildman–Crippen MR) is 48.5 cm³/mol. The maximum Gasteiger partial charge on any atom is 0.334 e. The topological polar surface area (TPSA) is 60.2 Å². The molecule has 0 fully saturated rings. The number of anilines is 1. The summed E-state index contributed by atoms with van der Waals surface area (Å²) in [6.45, 7) is 1.82. The minimum atomic E-state index is -4.69. The summed E-state index contributed by atoms with van der Waals surface area (Å²) in [6.07, 6.45) is 0.579. The van der Waals surface area contributed by atoms with Crippen molar-refractivity contribution in [3.05, 3.63) is 23.8 Å². The van der Waals surface area contributed by atoms with Gasteiger partial charge in [0.1, 0.15) is 4.90 Å². The van der Waals surface area contributed by atoms with Gasteiger partial charge in [0.2, 0.25) is 0 Å². The molecule has 5 heteroatoms. The average molecular weight is 203 g/mol. The number of rotatable bonds is 2. The first-order valence-corrected chi connectivity index (χ1v) is 5.17. The average Bonchev–Trinajstić information content (AvgIpc) is 2.02. The van der Waals surface area contributed by atoms with Crippen molar-refractivity contribution in [2.45, 2.75) is 18.2 Å². The smallest absolute Gasteiger partial charge is 0.334 e. The monoisotopic (exact) mass is 203 g/mol. The predicted octanol–water partition coefficient (Wildman–Crippen LogP) is 1.49. The summed E-state index contributed by atoms with van der Waals surface area (Å²) >= 11 is 0. The van der Waals surface area contributed by atoms with E-state index >= 15 is 0 Å². The third-order valence-electron chi connectivity index (χ3n) is 1.80. The van der Waals surface area contributed by atoms with E-state index in [1.54, 1.807) is 6.07 Å². The highest BCUT2D eigenvalue weighted by atomic mass is 32.3. The summed E-state index contributed by atoms with van der Waals surface area (Å²) in [6, 6.07) is 4.30. The Morgan fingerprint density at radius 2 is 2.08 bits per heavy atom. The number of hydrogen-bond acceptors (Lipinski definition) is 3. The summed E-state index contributed by atoms with van der Waals surface area (Å²) in [5.74, 6) is 0. The highest BCUT2D eigenvalue weighted by Crippen LogP contribution is 2.23. The van der Waals surface area contributed by atoms with E-state index in [1.807, 2.05) is 6.92 Å². The SMILES string of the molecule is CCc1cccc(S(=O)(=O)F)c1N. The fraction of sp³-hybridized carbons (Fsp3) is 0.250. The van der Waals surface area contributed by atoms with Crippen LogP contribution in [0.4, 0.5) is 9.57 Å². The van der Waals surface area contributed by atoms with Crippen LogP contribution in [0.1, 0.15) is 12.5 Å². The molecule has 0 aliphatic heterocycles. The standard InChI is InChI=1S/C8H10FNO2S/c1-2-6-4-3-5-7(8(6)10)13(9,11)12/h3-5H,2,10H2,1H3. The van der Waals surface area contributed by atoms with Crippen molar-refractivity contribution < 1.29 is 12.3 Å². The number of nitrogen functional groups attached to an aromatic ring is 1. The Morgan fingerprint density at radius 3 is 2.54 bits per heavy atom. The van der Waals surface area contributed by atoms with Gasteiger partial charge >= 0.3 is 10.2 Å². The number of benzene rings is 1. The van der Waals surface area contributed by atoms with Crippen LogP contribution in [0.15, 0.2) is 23.1 Å². The zero-order chi connectivity index (χ0) is 10.1. The van der Waals surface area contributed by atoms with Gasteiger partial charge in [0.05, 0.1) is 5.69 Å². The summed E-state index contributed by atoms with van der Waals surface area (Å²) in [5.41, 5.74) is 6.11. The molecule has 13 heavy (non-hydrogen) atoms. The van der Waals surface area contributed by atoms with Crippen molar-refractivity contribution >= 4 is 15.9 Å². The Hall–Kier alpha value is -1.10. The van der Waals surface area contributed by atoms with Crippen molar-refractivity contribution in [1.82, 2.24) is 0 Å². The fourth-order valence-electron chi connectivity index (χ4n) is 1.11. The molecule has 0 heterocycles. The molecule has 0 saturated carbocycles. The lowest BCUT2D eigenvalue weighted by molar-refractivity contribution is 0.552. The molecular weight excluding hydrogens is 193 g/mol. The first-order chi connectivity index (χ1) is 5.96. The number of hydrogen-bond donors (Lipinski definition) is 1. The quantitative estimate of drug-likeness (QED) is 0.585. The molecule has 0 aliphatic rings. The Bertz CT molecular complexity index is 414. The lowest BCUT2D eigenvalue weighted by Crippen LogP contribution is -2.02. The molecule has 1 aromatic carbocycles. The Labute approximate surface area is 76.6 Å². The number of aryl methyl sites for hydroxylation is 1. The first-order valence-electron chi connectivity index (χ1n) is 3.79. The van der Waals surface area contributed by atoms with Crippen LogP contribution in [0.25, 0.3) is 0 Å². The maximum absolute atomic E-state index is 12.6. The fourth-order valence-corrected chi connectivity index (χ4v) is 1.75. The van der Waals surface area contributed by atoms with Gasteiger partial charge in [-0.05, 0) is 18.1 Å². The minimum Gasteiger partial charge on any atom is -0.397 e. The number of halogens is 1. The van der Waals surface area contributed by atoms with Crippen LogP contribution in [0.5, 0.6) is 0 Å². The van der Waals surface area contributed by atoms with Gasteiger partial charge in [-0.15, -0.1) is 3.89 Å². The van der Waals surface area contributed by atoms with Crippen molar-refractivity contribution in [2.75, 3.05) is 5.73 Å². The van der Waals surface area contributed by atoms with E-state index in [4.69, 9.17) is 5.73 Å². The van der Waals surface area contributed by atoms with E-state index in [0.29, 0.717) is 12.0 Å². The van der Waals surface area contributed by atoms with E-state index in [2.05, 4.69) is 0 Å². The molecule has 72 valence electrons. The molecule has 2 N–H and O–H groups in total. The van der Waals surface area contributed by atoms with Crippen LogP contribution in [0.2, 0.25) is 0 Å². The molecular formula is C8H10FNO2S. The van der Waals surface area contributed by atoms with E-state index in [0.717, 1.165) is 6.07 Å². The van der Waals surface area contributed by atoms with Gasteiger partial charge in [-0.25, -0.2) is 0 Å². The molecule has 0 amide bonds. The van der Waals surface area contributed by atoms with Crippen LogP contribution in [0.3, 0.4) is 0 Å². The second-order valence-electron chi connectivity index (χ2n) is 2.62. The second kappa shape index (κ2) is 3.33. The van der Waals surface area contributed by atoms with Crippen molar-refractivity contribution in [2.24, 2.45) is 0 Å². The minimum absolute atomic E-state index is 0.00694. The normalized spacial score (nSPS) is 11.5. The van der Waals surface area contributed by atoms with Gasteiger partial charge in [0, 0.05) is 0 Å². The number of nitrogens with two attached hydrogens (primary N) is 1. The van der Waals surface area contributed by atoms with Gasteiger partial charge < -0.3 is 5.73 Å². The summed E-state index contributed by atoms with van der Waals surface area (Å²) in [7, 11) is -4.69. The molecule has 3 nitrogen and oxygen atoms in total.